The average molecular weight is 586 g/mol. The lowest BCUT2D eigenvalue weighted by atomic mass is 10.0. The summed E-state index contributed by atoms with van der Waals surface area (Å²) < 4.78 is 20.2. The number of nitrogens with zero attached hydrogens (tertiary/aromatic N) is 3. The summed E-state index contributed by atoms with van der Waals surface area (Å²) in [6.07, 6.45) is -2.31. The van der Waals surface area contributed by atoms with Gasteiger partial charge in [-0.05, 0) is 19.4 Å². The highest BCUT2D eigenvalue weighted by atomic mass is 32.2. The van der Waals surface area contributed by atoms with E-state index in [9.17, 15) is 24.0 Å². The molecule has 3 amide bonds. The second-order valence-corrected chi connectivity index (χ2v) is 10.1. The lowest BCUT2D eigenvalue weighted by Crippen LogP contribution is -2.71. The highest BCUT2D eigenvalue weighted by Crippen LogP contribution is 2.41. The maximum Gasteiger partial charge on any atom is 0.511 e. The van der Waals surface area contributed by atoms with Crippen LogP contribution in [0.3, 0.4) is 0 Å². The SMILES string of the molecule is COCC1=C(C(=O)OC(C)OC(=O)OC(C)C)N2C(=O)C(NC(=O)/C(=N\OC)c3csc(NC=O)n3)[C@H]2SC1. The molecule has 1 saturated heterocycles. The molecule has 2 aliphatic heterocycles. The van der Waals surface area contributed by atoms with Gasteiger partial charge in [0.25, 0.3) is 11.8 Å². The first-order valence-electron chi connectivity index (χ1n) is 11.4. The first-order chi connectivity index (χ1) is 18.6. The van der Waals surface area contributed by atoms with Gasteiger partial charge in [0.05, 0.1) is 12.7 Å². The number of thioether (sulfide) groups is 1. The van der Waals surface area contributed by atoms with E-state index in [1.54, 1.807) is 13.8 Å². The molecule has 0 aromatic carbocycles. The molecule has 0 spiro atoms. The molecule has 1 aromatic heterocycles. The largest absolute Gasteiger partial charge is 0.511 e. The minimum Gasteiger partial charge on any atom is -0.431 e. The maximum atomic E-state index is 13.2. The molecule has 3 atom stereocenters. The number of carbonyl (C=O) groups is 5. The number of aromatic nitrogens is 1. The molecule has 3 rings (SSSR count). The van der Waals surface area contributed by atoms with E-state index in [4.69, 9.17) is 23.8 Å². The van der Waals surface area contributed by atoms with Gasteiger partial charge in [0.15, 0.2) is 10.8 Å². The summed E-state index contributed by atoms with van der Waals surface area (Å²) >= 11 is 2.37. The highest BCUT2D eigenvalue weighted by Gasteiger charge is 2.55. The van der Waals surface area contributed by atoms with Gasteiger partial charge in [-0.25, -0.2) is 14.6 Å². The molecule has 2 unspecified atom stereocenters. The lowest BCUT2D eigenvalue weighted by Gasteiger charge is -2.49. The van der Waals surface area contributed by atoms with Crippen molar-refractivity contribution in [1.82, 2.24) is 15.2 Å². The first-order valence-corrected chi connectivity index (χ1v) is 13.4. The van der Waals surface area contributed by atoms with Crippen LogP contribution in [0.15, 0.2) is 21.8 Å². The van der Waals surface area contributed by atoms with Crippen molar-refractivity contribution < 1.29 is 47.8 Å². The van der Waals surface area contributed by atoms with Crippen LogP contribution >= 0.6 is 23.1 Å². The summed E-state index contributed by atoms with van der Waals surface area (Å²) in [6, 6.07) is -1.00. The number of oxime groups is 1. The zero-order chi connectivity index (χ0) is 28.7. The zero-order valence-corrected chi connectivity index (χ0v) is 23.3. The quantitative estimate of drug-likeness (QED) is 0.0880. The molecule has 3 heterocycles. The Morgan fingerprint density at radius 2 is 1.97 bits per heavy atom. The van der Waals surface area contributed by atoms with Crippen LogP contribution in [0.25, 0.3) is 0 Å². The number of hydrogen-bond donors (Lipinski definition) is 2. The molecule has 2 N–H and O–H groups in total. The number of nitrogens with one attached hydrogen (secondary N) is 2. The normalized spacial score (nSPS) is 19.5. The zero-order valence-electron chi connectivity index (χ0n) is 21.6. The third kappa shape index (κ3) is 7.04. The standard InChI is InChI=1S/C22H27N5O10S2/c1-10(2)35-22(32)37-11(3)36-20(31)16-12(6-33-4)7-38-19-15(18(30)27(16)19)25-17(29)14(26-34-5)13-8-39-21(24-13)23-9-28/h8-11,15,19H,6-7H2,1-5H3,(H,25,29)(H,23,24,28)/b26-14-/t11?,15?,19-/m1/s1. The van der Waals surface area contributed by atoms with Crippen molar-refractivity contribution in [2.45, 2.75) is 44.6 Å². The van der Waals surface area contributed by atoms with Crippen LogP contribution in [0.5, 0.6) is 0 Å². The highest BCUT2D eigenvalue weighted by molar-refractivity contribution is 8.00. The van der Waals surface area contributed by atoms with Crippen LogP contribution in [0, 0.1) is 0 Å². The predicted molar refractivity (Wildman–Crippen MR) is 138 cm³/mol. The van der Waals surface area contributed by atoms with E-state index >= 15 is 0 Å². The van der Waals surface area contributed by atoms with Crippen molar-refractivity contribution in [2.75, 3.05) is 31.9 Å². The fourth-order valence-corrected chi connectivity index (χ4v) is 5.53. The van der Waals surface area contributed by atoms with Gasteiger partial charge in [-0.1, -0.05) is 5.16 Å². The Morgan fingerprint density at radius 1 is 1.23 bits per heavy atom. The maximum absolute atomic E-state index is 13.2. The van der Waals surface area contributed by atoms with Crippen molar-refractivity contribution >= 4 is 64.3 Å². The van der Waals surface area contributed by atoms with Gasteiger partial charge >= 0.3 is 12.1 Å². The second kappa shape index (κ2) is 13.4. The van der Waals surface area contributed by atoms with Gasteiger partial charge in [0.1, 0.15) is 29.9 Å². The number of β-lactam (4-membered cyclic amide) rings is 1. The van der Waals surface area contributed by atoms with Gasteiger partial charge in [0.2, 0.25) is 12.7 Å². The Kier molecular flexibility index (Phi) is 10.2. The molecule has 15 nitrogen and oxygen atoms in total. The summed E-state index contributed by atoms with van der Waals surface area (Å²) in [6.45, 7) is 4.64. The minimum atomic E-state index is -1.30. The van der Waals surface area contributed by atoms with E-state index in [0.717, 1.165) is 11.3 Å². The molecular weight excluding hydrogens is 558 g/mol. The molecule has 0 aliphatic carbocycles. The van der Waals surface area contributed by atoms with Crippen molar-refractivity contribution in [3.63, 3.8) is 0 Å². The van der Waals surface area contributed by atoms with Gasteiger partial charge in [-0.15, -0.1) is 23.1 Å². The Bertz CT molecular complexity index is 1180. The van der Waals surface area contributed by atoms with E-state index in [1.165, 1.54) is 43.2 Å². The second-order valence-electron chi connectivity index (χ2n) is 8.18. The fourth-order valence-electron chi connectivity index (χ4n) is 3.55. The third-order valence-corrected chi connectivity index (χ3v) is 7.15. The topological polar surface area (TPSA) is 184 Å². The van der Waals surface area contributed by atoms with E-state index in [2.05, 4.69) is 20.8 Å². The van der Waals surface area contributed by atoms with Crippen molar-refractivity contribution in [1.29, 1.82) is 0 Å². The predicted octanol–water partition coefficient (Wildman–Crippen LogP) is 0.813. The Balaban J connectivity index is 1.74. The van der Waals surface area contributed by atoms with Crippen LogP contribution < -0.4 is 10.6 Å². The van der Waals surface area contributed by atoms with Crippen LogP contribution in [-0.2, 0) is 43.0 Å². The summed E-state index contributed by atoms with van der Waals surface area (Å²) in [5.41, 5.74) is 0.339. The first kappa shape index (κ1) is 29.9. The molecule has 39 heavy (non-hydrogen) atoms. The van der Waals surface area contributed by atoms with Crippen LogP contribution in [0.2, 0.25) is 0 Å². The van der Waals surface area contributed by atoms with Gasteiger partial charge in [-0.3, -0.25) is 19.3 Å². The molecule has 1 aromatic rings. The molecular formula is C22H27N5O10S2. The Labute approximate surface area is 231 Å². The van der Waals surface area contributed by atoms with E-state index < -0.39 is 47.7 Å². The number of thiazole rings is 1. The Morgan fingerprint density at radius 3 is 2.62 bits per heavy atom. The number of anilines is 1. The number of ether oxygens (including phenoxy) is 4. The van der Waals surface area contributed by atoms with E-state index in [0.29, 0.717) is 17.7 Å². The summed E-state index contributed by atoms with van der Waals surface area (Å²) in [4.78, 5) is 71.7. The number of fused-ring (bicyclic) bond motifs is 1. The van der Waals surface area contributed by atoms with Gasteiger partial charge in [0, 0.05) is 25.2 Å². The van der Waals surface area contributed by atoms with Crippen LogP contribution in [-0.4, -0.2) is 96.3 Å². The van der Waals surface area contributed by atoms with E-state index in [-0.39, 0.29) is 28.8 Å². The molecule has 1 fully saturated rings. The number of methoxy groups -OCH3 is 1. The van der Waals surface area contributed by atoms with Crippen LogP contribution in [0.1, 0.15) is 26.5 Å². The third-order valence-electron chi connectivity index (χ3n) is 5.04. The molecule has 0 bridgehead atoms. The fraction of sp³-hybridized carbons (Fsp3) is 0.500. The summed E-state index contributed by atoms with van der Waals surface area (Å²) in [5, 5.41) is 9.77. The summed E-state index contributed by atoms with van der Waals surface area (Å²) in [7, 11) is 2.68. The molecule has 17 heteroatoms. The molecule has 212 valence electrons. The molecule has 2 aliphatic rings. The van der Waals surface area contributed by atoms with Crippen molar-refractivity contribution in [2.24, 2.45) is 5.16 Å². The van der Waals surface area contributed by atoms with Crippen LogP contribution in [0.4, 0.5) is 9.93 Å². The number of hydrogen-bond acceptors (Lipinski definition) is 14. The molecule has 0 saturated carbocycles. The number of carbonyl (C=O) groups excluding carboxylic acids is 5. The number of esters is 1. The Hall–Kier alpha value is -3.70. The minimum absolute atomic E-state index is 0.0429. The summed E-state index contributed by atoms with van der Waals surface area (Å²) in [5.74, 6) is -1.93. The number of rotatable bonds is 12. The smallest absolute Gasteiger partial charge is 0.431 e. The van der Waals surface area contributed by atoms with Gasteiger partial charge < -0.3 is 34.4 Å². The van der Waals surface area contributed by atoms with Crippen molar-refractivity contribution in [3.8, 4) is 0 Å². The van der Waals surface area contributed by atoms with Gasteiger partial charge in [-0.2, -0.15) is 0 Å². The molecule has 0 radical (unpaired) electrons. The van der Waals surface area contributed by atoms with Crippen molar-refractivity contribution in [3.05, 3.63) is 22.3 Å². The number of amides is 3. The lowest BCUT2D eigenvalue weighted by molar-refractivity contribution is -0.169. The monoisotopic (exact) mass is 585 g/mol. The van der Waals surface area contributed by atoms with E-state index in [1.807, 2.05) is 0 Å². The average Bonchev–Trinajstić information content (AvgIpc) is 3.33.